The molecule has 0 bridgehead atoms. The van der Waals surface area contributed by atoms with Crippen LogP contribution in [0, 0.1) is 11.3 Å². The van der Waals surface area contributed by atoms with E-state index in [-0.39, 0.29) is 0 Å². The summed E-state index contributed by atoms with van der Waals surface area (Å²) in [5.41, 5.74) is -0.988. The van der Waals surface area contributed by atoms with Crippen molar-refractivity contribution in [2.75, 3.05) is 5.32 Å². The summed E-state index contributed by atoms with van der Waals surface area (Å²) in [6.45, 7) is 0. The molecule has 5 nitrogen and oxygen atoms in total. The number of amides is 1. The lowest BCUT2D eigenvalue weighted by atomic mass is 9.84. The summed E-state index contributed by atoms with van der Waals surface area (Å²) in [7, 11) is 0. The number of rotatable bonds is 4. The van der Waals surface area contributed by atoms with Crippen LogP contribution in [0.1, 0.15) is 5.56 Å². The topological polar surface area (TPSA) is 85.8 Å². The van der Waals surface area contributed by atoms with E-state index in [9.17, 15) is 14.9 Å². The van der Waals surface area contributed by atoms with E-state index in [0.717, 1.165) is 0 Å². The summed E-state index contributed by atoms with van der Waals surface area (Å²) in [6, 6.07) is 12.0. The molecule has 0 aliphatic heterocycles. The lowest BCUT2D eigenvalue weighted by Crippen LogP contribution is -2.40. The zero-order valence-electron chi connectivity index (χ0n) is 9.96. The standard InChI is InChI=1S/C14H11N3O2/c15-9-14(10-18,11-6-7-16-8-11)13(19)17-12-4-2-1-3-5-12/h1-8,10,16H,(H,17,19). The Morgan fingerprint density at radius 3 is 2.58 bits per heavy atom. The van der Waals surface area contributed by atoms with Crippen molar-refractivity contribution in [1.29, 1.82) is 5.26 Å². The number of nitrogens with one attached hydrogen (secondary N) is 2. The van der Waals surface area contributed by atoms with Crippen molar-refractivity contribution >= 4 is 17.9 Å². The van der Waals surface area contributed by atoms with Gasteiger partial charge >= 0.3 is 0 Å². The van der Waals surface area contributed by atoms with Crippen molar-refractivity contribution in [3.8, 4) is 6.07 Å². The van der Waals surface area contributed by atoms with E-state index >= 15 is 0 Å². The fourth-order valence-corrected chi connectivity index (χ4v) is 1.71. The number of carbonyl (C=O) groups excluding carboxylic acids is 2. The van der Waals surface area contributed by atoms with Crippen LogP contribution in [0.2, 0.25) is 0 Å². The predicted molar refractivity (Wildman–Crippen MR) is 69.2 cm³/mol. The fraction of sp³-hybridized carbons (Fsp3) is 0.0714. The van der Waals surface area contributed by atoms with Crippen molar-refractivity contribution in [1.82, 2.24) is 4.98 Å². The van der Waals surface area contributed by atoms with E-state index < -0.39 is 11.3 Å². The Morgan fingerprint density at radius 2 is 2.05 bits per heavy atom. The fourth-order valence-electron chi connectivity index (χ4n) is 1.71. The number of para-hydroxylation sites is 1. The number of nitriles is 1. The van der Waals surface area contributed by atoms with Crippen LogP contribution < -0.4 is 5.32 Å². The first-order valence-corrected chi connectivity index (χ1v) is 5.60. The van der Waals surface area contributed by atoms with Crippen LogP contribution in [0.3, 0.4) is 0 Å². The van der Waals surface area contributed by atoms with Gasteiger partial charge in [0.25, 0.3) is 5.91 Å². The molecule has 0 saturated heterocycles. The molecule has 5 heteroatoms. The van der Waals surface area contributed by atoms with Crippen LogP contribution in [-0.2, 0) is 15.0 Å². The van der Waals surface area contributed by atoms with Gasteiger partial charge in [0.1, 0.15) is 0 Å². The number of hydrogen-bond acceptors (Lipinski definition) is 3. The van der Waals surface area contributed by atoms with E-state index in [4.69, 9.17) is 0 Å². The third-order valence-corrected chi connectivity index (χ3v) is 2.80. The highest BCUT2D eigenvalue weighted by Gasteiger charge is 2.41. The van der Waals surface area contributed by atoms with Crippen molar-refractivity contribution in [2.24, 2.45) is 0 Å². The monoisotopic (exact) mass is 253 g/mol. The summed E-state index contributed by atoms with van der Waals surface area (Å²) in [5.74, 6) is -0.671. The van der Waals surface area contributed by atoms with Gasteiger partial charge in [0.2, 0.25) is 5.41 Å². The van der Waals surface area contributed by atoms with E-state index in [1.807, 2.05) is 0 Å². The number of aromatic nitrogens is 1. The molecule has 1 aromatic heterocycles. The maximum absolute atomic E-state index is 12.2. The highest BCUT2D eigenvalue weighted by atomic mass is 16.2. The van der Waals surface area contributed by atoms with Gasteiger partial charge in [-0.2, -0.15) is 5.26 Å². The Hall–Kier alpha value is -2.87. The van der Waals surface area contributed by atoms with Crippen molar-refractivity contribution in [3.63, 3.8) is 0 Å². The molecule has 1 amide bonds. The van der Waals surface area contributed by atoms with E-state index in [0.29, 0.717) is 17.5 Å². The van der Waals surface area contributed by atoms with Gasteiger partial charge in [-0.25, -0.2) is 0 Å². The quantitative estimate of drug-likeness (QED) is 0.641. The van der Waals surface area contributed by atoms with Crippen LogP contribution in [0.25, 0.3) is 0 Å². The number of anilines is 1. The maximum Gasteiger partial charge on any atom is 0.256 e. The molecule has 19 heavy (non-hydrogen) atoms. The average Bonchev–Trinajstić information content (AvgIpc) is 2.96. The van der Waals surface area contributed by atoms with Gasteiger partial charge in [-0.15, -0.1) is 0 Å². The average molecular weight is 253 g/mol. The molecular formula is C14H11N3O2. The Labute approximate surface area is 109 Å². The number of aromatic amines is 1. The molecule has 2 rings (SSSR count). The number of carbonyl (C=O) groups is 2. The highest BCUT2D eigenvalue weighted by molar-refractivity contribution is 6.12. The third-order valence-electron chi connectivity index (χ3n) is 2.80. The molecule has 0 radical (unpaired) electrons. The number of benzene rings is 1. The van der Waals surface area contributed by atoms with Crippen molar-refractivity contribution in [3.05, 3.63) is 54.4 Å². The molecule has 1 heterocycles. The summed E-state index contributed by atoms with van der Waals surface area (Å²) < 4.78 is 0. The molecule has 0 spiro atoms. The first-order chi connectivity index (χ1) is 9.23. The molecule has 1 aromatic carbocycles. The first-order valence-electron chi connectivity index (χ1n) is 5.60. The summed E-state index contributed by atoms with van der Waals surface area (Å²) >= 11 is 0. The Kier molecular flexibility index (Phi) is 3.44. The molecule has 0 saturated carbocycles. The zero-order valence-corrected chi connectivity index (χ0v) is 9.96. The Morgan fingerprint density at radius 1 is 1.32 bits per heavy atom. The van der Waals surface area contributed by atoms with Crippen LogP contribution in [-0.4, -0.2) is 17.2 Å². The number of aldehydes is 1. The minimum absolute atomic E-state index is 0.318. The summed E-state index contributed by atoms with van der Waals surface area (Å²) in [6.07, 6.45) is 3.37. The molecule has 94 valence electrons. The van der Waals surface area contributed by atoms with Gasteiger partial charge in [-0.1, -0.05) is 18.2 Å². The minimum Gasteiger partial charge on any atom is -0.367 e. The van der Waals surface area contributed by atoms with Crippen LogP contribution >= 0.6 is 0 Å². The van der Waals surface area contributed by atoms with Gasteiger partial charge in [0.15, 0.2) is 6.29 Å². The van der Waals surface area contributed by atoms with Crippen molar-refractivity contribution < 1.29 is 9.59 Å². The van der Waals surface area contributed by atoms with Crippen LogP contribution in [0.15, 0.2) is 48.8 Å². The molecule has 0 aliphatic rings. The third kappa shape index (κ3) is 2.24. The zero-order chi connectivity index (χ0) is 13.7. The summed E-state index contributed by atoms with van der Waals surface area (Å²) in [5, 5.41) is 11.8. The molecule has 1 unspecified atom stereocenters. The van der Waals surface area contributed by atoms with Gasteiger partial charge < -0.3 is 15.1 Å². The molecule has 2 N–H and O–H groups in total. The Bertz CT molecular complexity index is 614. The molecule has 0 fully saturated rings. The molecule has 1 atom stereocenters. The van der Waals surface area contributed by atoms with Gasteiger partial charge in [0, 0.05) is 23.6 Å². The normalized spacial score (nSPS) is 13.0. The molecule has 0 aliphatic carbocycles. The van der Waals surface area contributed by atoms with Crippen molar-refractivity contribution in [2.45, 2.75) is 5.41 Å². The lowest BCUT2D eigenvalue weighted by molar-refractivity contribution is -0.124. The first kappa shape index (κ1) is 12.6. The lowest BCUT2D eigenvalue weighted by Gasteiger charge is -2.18. The van der Waals surface area contributed by atoms with E-state index in [1.165, 1.54) is 12.3 Å². The summed E-state index contributed by atoms with van der Waals surface area (Å²) in [4.78, 5) is 26.2. The number of hydrogen-bond donors (Lipinski definition) is 2. The predicted octanol–water partition coefficient (Wildman–Crippen LogP) is 1.61. The highest BCUT2D eigenvalue weighted by Crippen LogP contribution is 2.23. The minimum atomic E-state index is -1.84. The van der Waals surface area contributed by atoms with E-state index in [1.54, 1.807) is 42.6 Å². The van der Waals surface area contributed by atoms with Crippen LogP contribution in [0.4, 0.5) is 5.69 Å². The van der Waals surface area contributed by atoms with Gasteiger partial charge in [0.05, 0.1) is 6.07 Å². The van der Waals surface area contributed by atoms with Gasteiger partial charge in [-0.05, 0) is 18.2 Å². The SMILES string of the molecule is N#CC(C=O)(C(=O)Nc1ccccc1)c1cc[nH]c1. The number of nitrogens with zero attached hydrogens (tertiary/aromatic N) is 1. The second kappa shape index (κ2) is 5.19. The second-order valence-electron chi connectivity index (χ2n) is 3.96. The molecule has 2 aromatic rings. The maximum atomic E-state index is 12.2. The number of H-pyrrole nitrogens is 1. The van der Waals surface area contributed by atoms with E-state index in [2.05, 4.69) is 10.3 Å². The largest absolute Gasteiger partial charge is 0.367 e. The smallest absolute Gasteiger partial charge is 0.256 e. The second-order valence-corrected chi connectivity index (χ2v) is 3.96. The van der Waals surface area contributed by atoms with Crippen LogP contribution in [0.5, 0.6) is 0 Å². The Balaban J connectivity index is 2.34. The molecular weight excluding hydrogens is 242 g/mol. The van der Waals surface area contributed by atoms with Gasteiger partial charge in [-0.3, -0.25) is 4.79 Å².